The third kappa shape index (κ3) is 5.55. The monoisotopic (exact) mass is 842 g/mol. The third-order valence-corrected chi connectivity index (χ3v) is 14.7. The second-order valence-corrected chi connectivity index (χ2v) is 18.5. The standard InChI is InChI=1S/C64H46N2/c1-63(2)57-27-15-17-29-61(57)66-60-28-16-13-25-54(60)55-40-46(41-59(63)62(55)66)45-32-36-50(37-33-45)65(49-34-30-44(31-35-49)43-18-6-3-7-19-43)51-38-39-53-52-24-12-14-26-56(52)64(58(53)42-51,47-20-8-4-9-21-47)48-22-10-5-11-23-48/h3-42H,1-2H3. The molecule has 11 aromatic rings. The van der Waals surface area contributed by atoms with Gasteiger partial charge in [-0.3, -0.25) is 0 Å². The summed E-state index contributed by atoms with van der Waals surface area (Å²) in [6.45, 7) is 4.77. The minimum atomic E-state index is -0.506. The third-order valence-electron chi connectivity index (χ3n) is 14.7. The van der Waals surface area contributed by atoms with Crippen LogP contribution < -0.4 is 4.90 Å². The van der Waals surface area contributed by atoms with E-state index in [1.165, 1.54) is 94.3 Å². The van der Waals surface area contributed by atoms with Gasteiger partial charge in [-0.2, -0.15) is 0 Å². The van der Waals surface area contributed by atoms with E-state index in [0.29, 0.717) is 0 Å². The maximum atomic E-state index is 2.49. The van der Waals surface area contributed by atoms with Crippen LogP contribution in [0, 0.1) is 0 Å². The lowest BCUT2D eigenvalue weighted by molar-refractivity contribution is 0.630. The van der Waals surface area contributed by atoms with Gasteiger partial charge in [-0.25, -0.2) is 0 Å². The number of fused-ring (bicyclic) bond motifs is 8. The first kappa shape index (κ1) is 38.3. The Morgan fingerprint density at radius 1 is 0.348 bits per heavy atom. The predicted octanol–water partition coefficient (Wildman–Crippen LogP) is 16.6. The maximum absolute atomic E-state index is 2.49. The molecule has 13 rings (SSSR count). The van der Waals surface area contributed by atoms with Crippen LogP contribution in [0.3, 0.4) is 0 Å². The van der Waals surface area contributed by atoms with Gasteiger partial charge in [0.2, 0.25) is 0 Å². The van der Waals surface area contributed by atoms with E-state index in [1.807, 2.05) is 0 Å². The number of para-hydroxylation sites is 2. The van der Waals surface area contributed by atoms with Crippen molar-refractivity contribution in [3.05, 3.63) is 276 Å². The Balaban J connectivity index is 0.992. The normalized spacial score (nSPS) is 13.8. The molecule has 312 valence electrons. The molecule has 0 unspecified atom stereocenters. The van der Waals surface area contributed by atoms with E-state index in [2.05, 4.69) is 266 Å². The van der Waals surface area contributed by atoms with Crippen LogP contribution in [0.4, 0.5) is 17.1 Å². The maximum Gasteiger partial charge on any atom is 0.0714 e. The predicted molar refractivity (Wildman–Crippen MR) is 276 cm³/mol. The molecule has 10 aromatic carbocycles. The summed E-state index contributed by atoms with van der Waals surface area (Å²) in [6, 6.07) is 89.9. The molecule has 1 aliphatic heterocycles. The molecule has 2 aliphatic rings. The zero-order chi connectivity index (χ0) is 44.0. The Morgan fingerprint density at radius 2 is 0.864 bits per heavy atom. The molecule has 2 heteroatoms. The molecule has 0 radical (unpaired) electrons. The van der Waals surface area contributed by atoms with Crippen molar-refractivity contribution in [3.8, 4) is 39.1 Å². The zero-order valence-corrected chi connectivity index (χ0v) is 37.0. The van der Waals surface area contributed by atoms with E-state index in [-0.39, 0.29) is 5.41 Å². The molecule has 0 bridgehead atoms. The van der Waals surface area contributed by atoms with Gasteiger partial charge in [0.15, 0.2) is 0 Å². The molecule has 1 aliphatic carbocycles. The van der Waals surface area contributed by atoms with Crippen molar-refractivity contribution in [1.82, 2.24) is 4.57 Å². The Hall–Kier alpha value is -8.20. The molecule has 2 nitrogen and oxygen atoms in total. The highest BCUT2D eigenvalue weighted by molar-refractivity contribution is 6.13. The highest BCUT2D eigenvalue weighted by Gasteiger charge is 2.46. The number of nitrogens with zero attached hydrogens (tertiary/aromatic N) is 2. The summed E-state index contributed by atoms with van der Waals surface area (Å²) in [5.41, 5.74) is 21.6. The molecule has 0 saturated carbocycles. The summed E-state index contributed by atoms with van der Waals surface area (Å²) in [5.74, 6) is 0. The molecular weight excluding hydrogens is 797 g/mol. The van der Waals surface area contributed by atoms with Crippen LogP contribution >= 0.6 is 0 Å². The van der Waals surface area contributed by atoms with Crippen LogP contribution in [0.5, 0.6) is 0 Å². The van der Waals surface area contributed by atoms with Gasteiger partial charge in [0.25, 0.3) is 0 Å². The molecule has 2 heterocycles. The largest absolute Gasteiger partial charge is 0.310 e. The molecule has 0 saturated heterocycles. The van der Waals surface area contributed by atoms with Gasteiger partial charge in [-0.05, 0) is 127 Å². The summed E-state index contributed by atoms with van der Waals surface area (Å²) in [6.07, 6.45) is 0. The Bertz CT molecular complexity index is 3600. The minimum Gasteiger partial charge on any atom is -0.310 e. The van der Waals surface area contributed by atoms with Gasteiger partial charge in [-0.1, -0.05) is 196 Å². The highest BCUT2D eigenvalue weighted by Crippen LogP contribution is 2.57. The second-order valence-electron chi connectivity index (χ2n) is 18.5. The first-order valence-corrected chi connectivity index (χ1v) is 23.1. The van der Waals surface area contributed by atoms with E-state index in [1.54, 1.807) is 0 Å². The van der Waals surface area contributed by atoms with Crippen LogP contribution in [-0.4, -0.2) is 4.57 Å². The molecule has 0 atom stereocenters. The first-order chi connectivity index (χ1) is 32.5. The van der Waals surface area contributed by atoms with Gasteiger partial charge in [0, 0.05) is 33.2 Å². The Morgan fingerprint density at radius 3 is 1.55 bits per heavy atom. The fraction of sp³-hybridized carbons (Fsp3) is 0.0625. The van der Waals surface area contributed by atoms with Gasteiger partial charge < -0.3 is 9.47 Å². The van der Waals surface area contributed by atoms with Crippen molar-refractivity contribution in [3.63, 3.8) is 0 Å². The number of rotatable bonds is 7. The van der Waals surface area contributed by atoms with Crippen molar-refractivity contribution in [2.24, 2.45) is 0 Å². The first-order valence-electron chi connectivity index (χ1n) is 23.1. The minimum absolute atomic E-state index is 0.181. The van der Waals surface area contributed by atoms with E-state index in [9.17, 15) is 0 Å². The summed E-state index contributed by atoms with van der Waals surface area (Å²) in [7, 11) is 0. The Labute approximate surface area is 386 Å². The van der Waals surface area contributed by atoms with Crippen LogP contribution in [0.15, 0.2) is 243 Å². The summed E-state index contributed by atoms with van der Waals surface area (Å²) >= 11 is 0. The molecule has 0 amide bonds. The van der Waals surface area contributed by atoms with Gasteiger partial charge in [0.05, 0.1) is 22.1 Å². The lowest BCUT2D eigenvalue weighted by Gasteiger charge is -2.35. The molecule has 0 fully saturated rings. The van der Waals surface area contributed by atoms with Gasteiger partial charge >= 0.3 is 0 Å². The van der Waals surface area contributed by atoms with Gasteiger partial charge in [-0.15, -0.1) is 0 Å². The van der Waals surface area contributed by atoms with Crippen molar-refractivity contribution in [1.29, 1.82) is 0 Å². The molecule has 0 spiro atoms. The molecule has 66 heavy (non-hydrogen) atoms. The van der Waals surface area contributed by atoms with Crippen LogP contribution in [0.1, 0.15) is 47.2 Å². The lowest BCUT2D eigenvalue weighted by Crippen LogP contribution is -2.28. The molecular formula is C64H46N2. The number of hydrogen-bond donors (Lipinski definition) is 0. The lowest BCUT2D eigenvalue weighted by atomic mass is 9.67. The van der Waals surface area contributed by atoms with E-state index in [0.717, 1.165) is 17.1 Å². The van der Waals surface area contributed by atoms with Crippen molar-refractivity contribution >= 4 is 38.9 Å². The van der Waals surface area contributed by atoms with Crippen molar-refractivity contribution in [2.45, 2.75) is 24.7 Å². The van der Waals surface area contributed by atoms with Crippen molar-refractivity contribution in [2.75, 3.05) is 4.90 Å². The average molecular weight is 843 g/mol. The summed E-state index contributed by atoms with van der Waals surface area (Å²) in [4.78, 5) is 2.43. The SMILES string of the molecule is CC1(C)c2ccccc2-n2c3ccccc3c3cc(-c4ccc(N(c5ccc(-c6ccccc6)cc5)c5ccc6c(c5)C(c5ccccc5)(c5ccccc5)c5ccccc5-6)cc4)cc1c32. The van der Waals surface area contributed by atoms with E-state index in [4.69, 9.17) is 0 Å². The Kier molecular flexibility index (Phi) is 8.51. The quantitative estimate of drug-likeness (QED) is 0.155. The van der Waals surface area contributed by atoms with Crippen LogP contribution in [0.25, 0.3) is 60.9 Å². The zero-order valence-electron chi connectivity index (χ0n) is 37.0. The number of anilines is 3. The number of benzene rings is 10. The second kappa shape index (κ2) is 14.7. The van der Waals surface area contributed by atoms with Crippen molar-refractivity contribution < 1.29 is 0 Å². The highest BCUT2D eigenvalue weighted by atomic mass is 15.1. The number of hydrogen-bond acceptors (Lipinski definition) is 1. The fourth-order valence-corrected chi connectivity index (χ4v) is 11.6. The topological polar surface area (TPSA) is 8.17 Å². The fourth-order valence-electron chi connectivity index (χ4n) is 11.6. The van der Waals surface area contributed by atoms with Gasteiger partial charge in [0.1, 0.15) is 0 Å². The van der Waals surface area contributed by atoms with E-state index >= 15 is 0 Å². The van der Waals surface area contributed by atoms with E-state index < -0.39 is 5.41 Å². The average Bonchev–Trinajstić information content (AvgIpc) is 3.88. The number of aromatic nitrogens is 1. The smallest absolute Gasteiger partial charge is 0.0714 e. The van der Waals surface area contributed by atoms with Crippen LogP contribution in [-0.2, 0) is 10.8 Å². The summed E-state index contributed by atoms with van der Waals surface area (Å²) < 4.78 is 2.49. The molecule has 0 N–H and O–H groups in total. The summed E-state index contributed by atoms with van der Waals surface area (Å²) in [5, 5.41) is 2.58. The van der Waals surface area contributed by atoms with Crippen LogP contribution in [0.2, 0.25) is 0 Å². The molecule has 1 aromatic heterocycles.